The predicted molar refractivity (Wildman–Crippen MR) is 84.2 cm³/mol. The second kappa shape index (κ2) is 7.88. The molecule has 2 fully saturated rings. The summed E-state index contributed by atoms with van der Waals surface area (Å²) in [4.78, 5) is 16.8. The smallest absolute Gasteiger partial charge is 0.311 e. The quantitative estimate of drug-likeness (QED) is 0.815. The van der Waals surface area contributed by atoms with Crippen molar-refractivity contribution >= 4 is 5.91 Å². The number of nitrogens with zero attached hydrogens (tertiary/aromatic N) is 4. The van der Waals surface area contributed by atoms with Crippen LogP contribution in [0, 0.1) is 0 Å². The molecule has 0 saturated carbocycles. The Hall–Kier alpha value is -1.47. The topological polar surface area (TPSA) is 71.7 Å². The molecular formula is C16H26N4O3. The molecule has 0 N–H and O–H groups in total. The van der Waals surface area contributed by atoms with E-state index in [0.717, 1.165) is 32.5 Å². The zero-order valence-corrected chi connectivity index (χ0v) is 13.9. The van der Waals surface area contributed by atoms with Crippen LogP contribution in [0.5, 0.6) is 0 Å². The summed E-state index contributed by atoms with van der Waals surface area (Å²) in [6.07, 6.45) is 5.07. The summed E-state index contributed by atoms with van der Waals surface area (Å²) in [6, 6.07) is 0. The van der Waals surface area contributed by atoms with Gasteiger partial charge < -0.3 is 19.0 Å². The molecule has 0 bridgehead atoms. The molecule has 23 heavy (non-hydrogen) atoms. The molecule has 0 aliphatic carbocycles. The minimum Gasteiger partial charge on any atom is -0.417 e. The largest absolute Gasteiger partial charge is 0.417 e. The van der Waals surface area contributed by atoms with E-state index in [1.54, 1.807) is 4.90 Å². The Balaban J connectivity index is 1.61. The summed E-state index contributed by atoms with van der Waals surface area (Å²) in [7, 11) is 0. The van der Waals surface area contributed by atoms with E-state index in [0.29, 0.717) is 32.0 Å². The van der Waals surface area contributed by atoms with Gasteiger partial charge in [0.2, 0.25) is 5.89 Å². The average Bonchev–Trinajstić information content (AvgIpc) is 3.16. The summed E-state index contributed by atoms with van der Waals surface area (Å²) < 4.78 is 11.4. The number of hydrogen-bond acceptors (Lipinski definition) is 6. The molecule has 128 valence electrons. The van der Waals surface area contributed by atoms with Crippen LogP contribution in [0.3, 0.4) is 0 Å². The van der Waals surface area contributed by atoms with Gasteiger partial charge in [-0.3, -0.25) is 4.79 Å². The van der Waals surface area contributed by atoms with Crippen LogP contribution in [0.2, 0.25) is 0 Å². The molecule has 0 radical (unpaired) electrons. The van der Waals surface area contributed by atoms with E-state index in [9.17, 15) is 4.79 Å². The zero-order valence-electron chi connectivity index (χ0n) is 13.9. The van der Waals surface area contributed by atoms with E-state index in [4.69, 9.17) is 9.15 Å². The van der Waals surface area contributed by atoms with Gasteiger partial charge >= 0.3 is 11.8 Å². The molecule has 0 unspecified atom stereocenters. The Bertz CT molecular complexity index is 513. The molecule has 1 aromatic rings. The molecule has 7 heteroatoms. The van der Waals surface area contributed by atoms with Gasteiger partial charge in [0.25, 0.3) is 0 Å². The van der Waals surface area contributed by atoms with Crippen LogP contribution in [0.25, 0.3) is 0 Å². The maximum absolute atomic E-state index is 12.6. The Morgan fingerprint density at radius 3 is 2.83 bits per heavy atom. The lowest BCUT2D eigenvalue weighted by Crippen LogP contribution is -2.42. The van der Waals surface area contributed by atoms with Crippen LogP contribution >= 0.6 is 0 Å². The van der Waals surface area contributed by atoms with Gasteiger partial charge in [0, 0.05) is 32.7 Å². The van der Waals surface area contributed by atoms with Gasteiger partial charge in [0.05, 0.1) is 6.10 Å². The Morgan fingerprint density at radius 2 is 2.04 bits per heavy atom. The molecule has 1 aromatic heterocycles. The molecule has 0 spiro atoms. The first-order chi connectivity index (χ1) is 11.3. The number of likely N-dealkylation sites (tertiary alicyclic amines) is 1. The lowest BCUT2D eigenvalue weighted by Gasteiger charge is -2.26. The average molecular weight is 322 g/mol. The molecule has 1 atom stereocenters. The van der Waals surface area contributed by atoms with Crippen molar-refractivity contribution in [1.29, 1.82) is 0 Å². The first-order valence-electron chi connectivity index (χ1n) is 8.72. The number of rotatable bonds is 5. The Labute approximate surface area is 137 Å². The zero-order chi connectivity index (χ0) is 16.1. The summed E-state index contributed by atoms with van der Waals surface area (Å²) in [5.74, 6) is 0.475. The standard InChI is InChI=1S/C16H26N4O3/c1-2-6-14-17-18-15(23-14)16(21)20-9-5-10-22-13(12-20)11-19-7-3-4-8-19/h13H,2-12H2,1H3/t13-/m0/s1. The van der Waals surface area contributed by atoms with Crippen molar-refractivity contribution in [1.82, 2.24) is 20.0 Å². The molecule has 1 amide bonds. The third-order valence-electron chi connectivity index (χ3n) is 4.41. The van der Waals surface area contributed by atoms with E-state index >= 15 is 0 Å². The lowest BCUT2D eigenvalue weighted by atomic mass is 10.3. The number of hydrogen-bond donors (Lipinski definition) is 0. The first-order valence-corrected chi connectivity index (χ1v) is 8.72. The van der Waals surface area contributed by atoms with Gasteiger partial charge in [-0.2, -0.15) is 0 Å². The molecule has 2 aliphatic rings. The predicted octanol–water partition coefficient (Wildman–Crippen LogP) is 1.35. The van der Waals surface area contributed by atoms with Crippen molar-refractivity contribution in [2.75, 3.05) is 39.3 Å². The van der Waals surface area contributed by atoms with Crippen LogP contribution in [0.1, 0.15) is 49.2 Å². The van der Waals surface area contributed by atoms with Crippen LogP contribution < -0.4 is 0 Å². The summed E-state index contributed by atoms with van der Waals surface area (Å²) in [5, 5.41) is 7.85. The number of carbonyl (C=O) groups is 1. The van der Waals surface area contributed by atoms with Crippen molar-refractivity contribution in [2.24, 2.45) is 0 Å². The SMILES string of the molecule is CCCc1nnc(C(=O)N2CCCO[C@@H](CN3CCCC3)C2)o1. The van der Waals surface area contributed by atoms with Gasteiger partial charge in [-0.05, 0) is 38.8 Å². The molecular weight excluding hydrogens is 296 g/mol. The van der Waals surface area contributed by atoms with E-state index in [1.165, 1.54) is 12.8 Å². The minimum atomic E-state index is -0.170. The highest BCUT2D eigenvalue weighted by atomic mass is 16.5. The van der Waals surface area contributed by atoms with Crippen molar-refractivity contribution in [3.8, 4) is 0 Å². The second-order valence-corrected chi connectivity index (χ2v) is 6.36. The van der Waals surface area contributed by atoms with Crippen LogP contribution in [-0.4, -0.2) is 71.3 Å². The lowest BCUT2D eigenvalue weighted by molar-refractivity contribution is 0.0288. The molecule has 0 aromatic carbocycles. The highest BCUT2D eigenvalue weighted by molar-refractivity contribution is 5.89. The van der Waals surface area contributed by atoms with E-state index in [1.807, 2.05) is 6.92 Å². The van der Waals surface area contributed by atoms with Gasteiger partial charge in [0.15, 0.2) is 0 Å². The third-order valence-corrected chi connectivity index (χ3v) is 4.41. The van der Waals surface area contributed by atoms with Crippen LogP contribution in [-0.2, 0) is 11.2 Å². The van der Waals surface area contributed by atoms with E-state index < -0.39 is 0 Å². The summed E-state index contributed by atoms with van der Waals surface area (Å²) >= 11 is 0. The number of aryl methyl sites for hydroxylation is 1. The molecule has 3 heterocycles. The number of ether oxygens (including phenoxy) is 1. The van der Waals surface area contributed by atoms with Crippen LogP contribution in [0.15, 0.2) is 4.42 Å². The first kappa shape index (κ1) is 16.4. The fraction of sp³-hybridized carbons (Fsp3) is 0.812. The maximum atomic E-state index is 12.6. The fourth-order valence-corrected chi connectivity index (χ4v) is 3.23. The van der Waals surface area contributed by atoms with Crippen molar-refractivity contribution in [3.63, 3.8) is 0 Å². The number of amides is 1. The maximum Gasteiger partial charge on any atom is 0.311 e. The van der Waals surface area contributed by atoms with Gasteiger partial charge in [-0.15, -0.1) is 10.2 Å². The fourth-order valence-electron chi connectivity index (χ4n) is 3.23. The van der Waals surface area contributed by atoms with Crippen LogP contribution in [0.4, 0.5) is 0 Å². The highest BCUT2D eigenvalue weighted by Crippen LogP contribution is 2.14. The summed E-state index contributed by atoms with van der Waals surface area (Å²) in [6.45, 7) is 7.19. The van der Waals surface area contributed by atoms with Crippen molar-refractivity contribution < 1.29 is 13.9 Å². The van der Waals surface area contributed by atoms with Gasteiger partial charge in [-0.1, -0.05) is 6.92 Å². The highest BCUT2D eigenvalue weighted by Gasteiger charge is 2.28. The monoisotopic (exact) mass is 322 g/mol. The van der Waals surface area contributed by atoms with Crippen molar-refractivity contribution in [3.05, 3.63) is 11.8 Å². The number of carbonyl (C=O) groups excluding carboxylic acids is 1. The normalized spacial score (nSPS) is 23.2. The van der Waals surface area contributed by atoms with E-state index in [2.05, 4.69) is 15.1 Å². The van der Waals surface area contributed by atoms with Crippen molar-refractivity contribution in [2.45, 2.75) is 45.1 Å². The molecule has 7 nitrogen and oxygen atoms in total. The Kier molecular flexibility index (Phi) is 5.61. The van der Waals surface area contributed by atoms with E-state index in [-0.39, 0.29) is 17.9 Å². The molecule has 2 saturated heterocycles. The minimum absolute atomic E-state index is 0.0672. The second-order valence-electron chi connectivity index (χ2n) is 6.36. The summed E-state index contributed by atoms with van der Waals surface area (Å²) in [5.41, 5.74) is 0. The molecule has 2 aliphatic heterocycles. The van der Waals surface area contributed by atoms with Gasteiger partial charge in [0.1, 0.15) is 0 Å². The Morgan fingerprint density at radius 1 is 1.22 bits per heavy atom. The number of aromatic nitrogens is 2. The molecule has 3 rings (SSSR count). The third kappa shape index (κ3) is 4.29. The van der Waals surface area contributed by atoms with Gasteiger partial charge in [-0.25, -0.2) is 0 Å².